The molecule has 2 amide bonds. The highest BCUT2D eigenvalue weighted by atomic mass is 16.5. The Morgan fingerprint density at radius 3 is 2.20 bits per heavy atom. The standard InChI is InChI=1S/C19H23N3O3/c1-19(20,15-6-4-3-5-7-15)18(24)22-13-12-21-17(23)14-8-10-16(25-2)11-9-14/h3-11H,12-13,20H2,1-2H3,(H,21,23)(H,22,24). The summed E-state index contributed by atoms with van der Waals surface area (Å²) in [6, 6.07) is 16.0. The average molecular weight is 341 g/mol. The second-order valence-electron chi connectivity index (χ2n) is 5.81. The van der Waals surface area contributed by atoms with Crippen LogP contribution in [0.1, 0.15) is 22.8 Å². The SMILES string of the molecule is COc1ccc(C(=O)NCCNC(=O)C(C)(N)c2ccccc2)cc1. The van der Waals surface area contributed by atoms with Crippen LogP contribution in [0.15, 0.2) is 54.6 Å². The van der Waals surface area contributed by atoms with Crippen molar-refractivity contribution in [1.29, 1.82) is 0 Å². The summed E-state index contributed by atoms with van der Waals surface area (Å²) in [6.45, 7) is 2.26. The first-order valence-electron chi connectivity index (χ1n) is 8.00. The molecule has 1 unspecified atom stereocenters. The molecule has 0 aromatic heterocycles. The van der Waals surface area contributed by atoms with E-state index in [9.17, 15) is 9.59 Å². The smallest absolute Gasteiger partial charge is 0.251 e. The third-order valence-corrected chi connectivity index (χ3v) is 3.89. The molecule has 2 aromatic rings. The molecule has 0 aliphatic heterocycles. The molecule has 4 N–H and O–H groups in total. The second-order valence-corrected chi connectivity index (χ2v) is 5.81. The van der Waals surface area contributed by atoms with Gasteiger partial charge in [-0.15, -0.1) is 0 Å². The molecule has 0 spiro atoms. The van der Waals surface area contributed by atoms with E-state index in [1.807, 2.05) is 30.3 Å². The normalized spacial score (nSPS) is 12.8. The lowest BCUT2D eigenvalue weighted by Crippen LogP contribution is -2.50. The number of nitrogens with one attached hydrogen (secondary N) is 2. The Labute approximate surface area is 147 Å². The molecule has 0 saturated heterocycles. The van der Waals surface area contributed by atoms with Gasteiger partial charge in [0.05, 0.1) is 7.11 Å². The zero-order valence-electron chi connectivity index (χ0n) is 14.4. The second kappa shape index (κ2) is 8.30. The van der Waals surface area contributed by atoms with Crippen molar-refractivity contribution < 1.29 is 14.3 Å². The number of amides is 2. The maximum atomic E-state index is 12.3. The van der Waals surface area contributed by atoms with Gasteiger partial charge in [0.2, 0.25) is 5.91 Å². The van der Waals surface area contributed by atoms with Gasteiger partial charge in [-0.1, -0.05) is 30.3 Å². The number of hydrogen-bond acceptors (Lipinski definition) is 4. The van der Waals surface area contributed by atoms with Crippen molar-refractivity contribution in [3.63, 3.8) is 0 Å². The molecule has 0 heterocycles. The maximum absolute atomic E-state index is 12.3. The van der Waals surface area contributed by atoms with Crippen molar-refractivity contribution in [3.05, 3.63) is 65.7 Å². The lowest BCUT2D eigenvalue weighted by atomic mass is 9.92. The number of carbonyl (C=O) groups excluding carboxylic acids is 2. The average Bonchev–Trinajstić information content (AvgIpc) is 2.65. The molecule has 0 aliphatic carbocycles. The molecule has 0 saturated carbocycles. The van der Waals surface area contributed by atoms with Gasteiger partial charge in [0.25, 0.3) is 5.91 Å². The molecule has 2 rings (SSSR count). The Bertz CT molecular complexity index is 712. The zero-order valence-corrected chi connectivity index (χ0v) is 14.4. The Kier molecular flexibility index (Phi) is 6.14. The monoisotopic (exact) mass is 341 g/mol. The Hall–Kier alpha value is -2.86. The van der Waals surface area contributed by atoms with Crippen molar-refractivity contribution in [2.75, 3.05) is 20.2 Å². The van der Waals surface area contributed by atoms with Gasteiger partial charge < -0.3 is 21.1 Å². The van der Waals surface area contributed by atoms with Crippen molar-refractivity contribution in [2.45, 2.75) is 12.5 Å². The fourth-order valence-corrected chi connectivity index (χ4v) is 2.30. The lowest BCUT2D eigenvalue weighted by Gasteiger charge is -2.24. The predicted octanol–water partition coefficient (Wildman–Crippen LogP) is 1.42. The first-order chi connectivity index (χ1) is 11.9. The van der Waals surface area contributed by atoms with E-state index < -0.39 is 5.54 Å². The van der Waals surface area contributed by atoms with Crippen LogP contribution >= 0.6 is 0 Å². The number of methoxy groups -OCH3 is 1. The van der Waals surface area contributed by atoms with E-state index in [0.717, 1.165) is 5.56 Å². The Morgan fingerprint density at radius 2 is 1.60 bits per heavy atom. The fraction of sp³-hybridized carbons (Fsp3) is 0.263. The number of ether oxygens (including phenoxy) is 1. The van der Waals surface area contributed by atoms with Gasteiger partial charge in [0, 0.05) is 18.7 Å². The van der Waals surface area contributed by atoms with Gasteiger partial charge in [0.1, 0.15) is 11.3 Å². The van der Waals surface area contributed by atoms with Gasteiger partial charge in [-0.05, 0) is 36.8 Å². The number of benzene rings is 2. The molecular weight excluding hydrogens is 318 g/mol. The summed E-state index contributed by atoms with van der Waals surface area (Å²) >= 11 is 0. The highest BCUT2D eigenvalue weighted by molar-refractivity contribution is 5.94. The molecule has 132 valence electrons. The number of carbonyl (C=O) groups is 2. The van der Waals surface area contributed by atoms with Gasteiger partial charge >= 0.3 is 0 Å². The molecule has 0 aliphatic rings. The maximum Gasteiger partial charge on any atom is 0.251 e. The van der Waals surface area contributed by atoms with E-state index in [1.165, 1.54) is 0 Å². The third kappa shape index (κ3) is 4.81. The first kappa shape index (κ1) is 18.5. The Morgan fingerprint density at radius 1 is 1.00 bits per heavy atom. The van der Waals surface area contributed by atoms with Crippen LogP contribution in [0.3, 0.4) is 0 Å². The van der Waals surface area contributed by atoms with Crippen molar-refractivity contribution >= 4 is 11.8 Å². The van der Waals surface area contributed by atoms with Crippen LogP contribution in [-0.2, 0) is 10.3 Å². The predicted molar refractivity (Wildman–Crippen MR) is 96.3 cm³/mol. The molecule has 0 bridgehead atoms. The van der Waals surface area contributed by atoms with Crippen LogP contribution < -0.4 is 21.1 Å². The molecule has 6 nitrogen and oxygen atoms in total. The number of hydrogen-bond donors (Lipinski definition) is 3. The largest absolute Gasteiger partial charge is 0.497 e. The summed E-state index contributed by atoms with van der Waals surface area (Å²) in [4.78, 5) is 24.3. The quantitative estimate of drug-likeness (QED) is 0.664. The van der Waals surface area contributed by atoms with Gasteiger partial charge in [-0.25, -0.2) is 0 Å². The summed E-state index contributed by atoms with van der Waals surface area (Å²) in [7, 11) is 1.57. The highest BCUT2D eigenvalue weighted by Gasteiger charge is 2.29. The lowest BCUT2D eigenvalue weighted by molar-refractivity contribution is -0.126. The van der Waals surface area contributed by atoms with E-state index in [0.29, 0.717) is 24.4 Å². The van der Waals surface area contributed by atoms with Gasteiger partial charge in [-0.2, -0.15) is 0 Å². The highest BCUT2D eigenvalue weighted by Crippen LogP contribution is 2.17. The molecule has 6 heteroatoms. The van der Waals surface area contributed by atoms with Crippen molar-refractivity contribution in [1.82, 2.24) is 10.6 Å². The minimum absolute atomic E-state index is 0.213. The molecule has 0 radical (unpaired) electrons. The summed E-state index contributed by atoms with van der Waals surface area (Å²) in [5, 5.41) is 5.50. The van der Waals surface area contributed by atoms with Crippen molar-refractivity contribution in [3.8, 4) is 5.75 Å². The van der Waals surface area contributed by atoms with E-state index in [1.54, 1.807) is 38.3 Å². The molecule has 1 atom stereocenters. The van der Waals surface area contributed by atoms with Gasteiger partial charge in [-0.3, -0.25) is 9.59 Å². The van der Waals surface area contributed by atoms with Crippen LogP contribution in [0, 0.1) is 0 Å². The topological polar surface area (TPSA) is 93.5 Å². The summed E-state index contributed by atoms with van der Waals surface area (Å²) < 4.78 is 5.05. The summed E-state index contributed by atoms with van der Waals surface area (Å²) in [6.07, 6.45) is 0. The van der Waals surface area contributed by atoms with E-state index >= 15 is 0 Å². The zero-order chi connectivity index (χ0) is 18.3. The molecule has 2 aromatic carbocycles. The summed E-state index contributed by atoms with van der Waals surface area (Å²) in [5.41, 5.74) is 6.27. The van der Waals surface area contributed by atoms with Crippen LogP contribution in [-0.4, -0.2) is 32.0 Å². The molecular formula is C19H23N3O3. The van der Waals surface area contributed by atoms with E-state index in [2.05, 4.69) is 10.6 Å². The van der Waals surface area contributed by atoms with Crippen LogP contribution in [0.25, 0.3) is 0 Å². The van der Waals surface area contributed by atoms with Crippen LogP contribution in [0.4, 0.5) is 0 Å². The molecule has 0 fully saturated rings. The third-order valence-electron chi connectivity index (χ3n) is 3.89. The van der Waals surface area contributed by atoms with Gasteiger partial charge in [0.15, 0.2) is 0 Å². The number of nitrogens with two attached hydrogens (primary N) is 1. The summed E-state index contributed by atoms with van der Waals surface area (Å²) in [5.74, 6) is 0.180. The van der Waals surface area contributed by atoms with E-state index in [-0.39, 0.29) is 11.8 Å². The number of rotatable bonds is 7. The Balaban J connectivity index is 1.80. The fourth-order valence-electron chi connectivity index (χ4n) is 2.30. The minimum atomic E-state index is -1.12. The van der Waals surface area contributed by atoms with E-state index in [4.69, 9.17) is 10.5 Å². The van der Waals surface area contributed by atoms with Crippen molar-refractivity contribution in [2.24, 2.45) is 5.73 Å². The van der Waals surface area contributed by atoms with Crippen LogP contribution in [0.2, 0.25) is 0 Å². The van der Waals surface area contributed by atoms with Crippen LogP contribution in [0.5, 0.6) is 5.75 Å². The first-order valence-corrected chi connectivity index (χ1v) is 8.00. The minimum Gasteiger partial charge on any atom is -0.497 e. The molecule has 25 heavy (non-hydrogen) atoms.